The van der Waals surface area contributed by atoms with Crippen LogP contribution in [-0.4, -0.2) is 53.7 Å². The first kappa shape index (κ1) is 19.0. The number of nitrogens with zero attached hydrogens (tertiary/aromatic N) is 2. The molecule has 1 saturated heterocycles. The minimum Gasteiger partial charge on any atom is -0.339 e. The number of rotatable bonds is 3. The molecule has 0 radical (unpaired) electrons. The van der Waals surface area contributed by atoms with Gasteiger partial charge in [0.2, 0.25) is 17.7 Å². The van der Waals surface area contributed by atoms with E-state index in [1.165, 1.54) is 6.92 Å². The molecule has 0 unspecified atom stereocenters. The summed E-state index contributed by atoms with van der Waals surface area (Å²) in [6, 6.07) is 7.29. The molecule has 6 nitrogen and oxygen atoms in total. The number of hydrogen-bond acceptors (Lipinski definition) is 3. The van der Waals surface area contributed by atoms with Gasteiger partial charge in [0.15, 0.2) is 0 Å². The summed E-state index contributed by atoms with van der Waals surface area (Å²) in [4.78, 5) is 39.4. The van der Waals surface area contributed by atoms with Gasteiger partial charge in [-0.3, -0.25) is 14.4 Å². The molecule has 0 bridgehead atoms. The van der Waals surface area contributed by atoms with Crippen LogP contribution < -0.4 is 5.32 Å². The number of benzene rings is 1. The summed E-state index contributed by atoms with van der Waals surface area (Å²) in [5, 5.41) is 2.70. The van der Waals surface area contributed by atoms with Crippen LogP contribution >= 0.6 is 0 Å². The predicted octanol–water partition coefficient (Wildman–Crippen LogP) is 1.90. The second-order valence-corrected chi connectivity index (χ2v) is 7.48. The molecule has 0 saturated carbocycles. The Kier molecular flexibility index (Phi) is 5.82. The van der Waals surface area contributed by atoms with Crippen molar-refractivity contribution in [3.05, 3.63) is 29.8 Å². The van der Waals surface area contributed by atoms with Gasteiger partial charge in [0.25, 0.3) is 0 Å². The molecule has 0 aromatic heterocycles. The molecule has 1 aromatic rings. The maximum absolute atomic E-state index is 12.5. The van der Waals surface area contributed by atoms with Crippen molar-refractivity contribution in [2.24, 2.45) is 5.41 Å². The van der Waals surface area contributed by atoms with E-state index >= 15 is 0 Å². The lowest BCUT2D eigenvalue weighted by molar-refractivity contribution is -0.144. The Bertz CT molecular complexity index is 639. The Morgan fingerprint density at radius 2 is 1.48 bits per heavy atom. The average Bonchev–Trinajstić information content (AvgIpc) is 2.55. The van der Waals surface area contributed by atoms with Gasteiger partial charge in [0, 0.05) is 44.2 Å². The fourth-order valence-electron chi connectivity index (χ4n) is 2.83. The fourth-order valence-corrected chi connectivity index (χ4v) is 2.83. The smallest absolute Gasteiger partial charge is 0.228 e. The van der Waals surface area contributed by atoms with E-state index in [1.54, 1.807) is 12.1 Å². The van der Waals surface area contributed by atoms with E-state index in [9.17, 15) is 14.4 Å². The first-order valence-corrected chi connectivity index (χ1v) is 8.60. The third-order valence-corrected chi connectivity index (χ3v) is 4.19. The van der Waals surface area contributed by atoms with Crippen molar-refractivity contribution in [3.63, 3.8) is 0 Å². The van der Waals surface area contributed by atoms with Crippen LogP contribution in [-0.2, 0) is 20.8 Å². The van der Waals surface area contributed by atoms with Gasteiger partial charge < -0.3 is 15.1 Å². The first-order chi connectivity index (χ1) is 11.7. The molecular weight excluding hydrogens is 318 g/mol. The summed E-state index contributed by atoms with van der Waals surface area (Å²) in [6.07, 6.45) is 0.327. The van der Waals surface area contributed by atoms with Crippen molar-refractivity contribution in [1.82, 2.24) is 9.80 Å². The number of carbonyl (C=O) groups is 3. The van der Waals surface area contributed by atoms with Gasteiger partial charge in [-0.15, -0.1) is 0 Å². The van der Waals surface area contributed by atoms with Crippen LogP contribution in [0.1, 0.15) is 33.3 Å². The third-order valence-electron chi connectivity index (χ3n) is 4.19. The van der Waals surface area contributed by atoms with Crippen molar-refractivity contribution in [2.75, 3.05) is 31.5 Å². The van der Waals surface area contributed by atoms with Gasteiger partial charge in [0.1, 0.15) is 0 Å². The van der Waals surface area contributed by atoms with E-state index in [-0.39, 0.29) is 23.1 Å². The van der Waals surface area contributed by atoms with E-state index in [2.05, 4.69) is 5.32 Å². The molecule has 136 valence electrons. The number of amides is 3. The topological polar surface area (TPSA) is 69.7 Å². The van der Waals surface area contributed by atoms with Crippen molar-refractivity contribution in [2.45, 2.75) is 34.1 Å². The number of carbonyl (C=O) groups excluding carboxylic acids is 3. The van der Waals surface area contributed by atoms with Crippen LogP contribution in [0.3, 0.4) is 0 Å². The normalized spacial score (nSPS) is 15.0. The second kappa shape index (κ2) is 7.68. The van der Waals surface area contributed by atoms with E-state index in [0.717, 1.165) is 11.3 Å². The molecule has 0 spiro atoms. The van der Waals surface area contributed by atoms with Crippen molar-refractivity contribution < 1.29 is 14.4 Å². The Hall–Kier alpha value is -2.37. The maximum atomic E-state index is 12.5. The Morgan fingerprint density at radius 1 is 0.960 bits per heavy atom. The summed E-state index contributed by atoms with van der Waals surface area (Å²) in [7, 11) is 0. The van der Waals surface area contributed by atoms with Gasteiger partial charge in [0.05, 0.1) is 6.42 Å². The molecule has 1 aliphatic rings. The summed E-state index contributed by atoms with van der Waals surface area (Å²) in [5.41, 5.74) is 1.24. The number of nitrogens with one attached hydrogen (secondary N) is 1. The molecule has 1 heterocycles. The molecule has 0 atom stereocenters. The highest BCUT2D eigenvalue weighted by Crippen LogP contribution is 2.19. The van der Waals surface area contributed by atoms with Crippen LogP contribution in [0.4, 0.5) is 5.69 Å². The Morgan fingerprint density at radius 3 is 1.96 bits per heavy atom. The van der Waals surface area contributed by atoms with Gasteiger partial charge in [-0.25, -0.2) is 0 Å². The predicted molar refractivity (Wildman–Crippen MR) is 97.1 cm³/mol. The third kappa shape index (κ3) is 5.31. The van der Waals surface area contributed by atoms with Gasteiger partial charge in [-0.2, -0.15) is 0 Å². The first-order valence-electron chi connectivity index (χ1n) is 8.60. The standard InChI is InChI=1S/C19H27N3O3/c1-14(23)20-16-7-5-15(6-8-16)13-17(24)21-9-11-22(12-10-21)18(25)19(2,3)4/h5-8H,9-13H2,1-4H3,(H,20,23). The average molecular weight is 345 g/mol. The number of piperazine rings is 1. The highest BCUT2D eigenvalue weighted by Gasteiger charge is 2.30. The fraction of sp³-hybridized carbons (Fsp3) is 0.526. The molecular formula is C19H27N3O3. The quantitative estimate of drug-likeness (QED) is 0.910. The molecule has 2 rings (SSSR count). The van der Waals surface area contributed by atoms with Gasteiger partial charge >= 0.3 is 0 Å². The van der Waals surface area contributed by atoms with Crippen LogP contribution in [0.5, 0.6) is 0 Å². The molecule has 1 N–H and O–H groups in total. The van der Waals surface area contributed by atoms with E-state index in [0.29, 0.717) is 32.6 Å². The zero-order valence-corrected chi connectivity index (χ0v) is 15.5. The molecule has 0 aliphatic carbocycles. The van der Waals surface area contributed by atoms with Crippen molar-refractivity contribution in [3.8, 4) is 0 Å². The Labute approximate surface area is 149 Å². The van der Waals surface area contributed by atoms with Crippen LogP contribution in [0, 0.1) is 5.41 Å². The lowest BCUT2D eigenvalue weighted by atomic mass is 9.94. The summed E-state index contributed by atoms with van der Waals surface area (Å²) >= 11 is 0. The van der Waals surface area contributed by atoms with Crippen LogP contribution in [0.15, 0.2) is 24.3 Å². The zero-order valence-electron chi connectivity index (χ0n) is 15.5. The molecule has 6 heteroatoms. The summed E-state index contributed by atoms with van der Waals surface area (Å²) in [6.45, 7) is 9.52. The molecule has 3 amide bonds. The largest absolute Gasteiger partial charge is 0.339 e. The molecule has 1 aromatic carbocycles. The zero-order chi connectivity index (χ0) is 18.6. The van der Waals surface area contributed by atoms with Crippen LogP contribution in [0.25, 0.3) is 0 Å². The molecule has 1 aliphatic heterocycles. The van der Waals surface area contributed by atoms with Crippen molar-refractivity contribution in [1.29, 1.82) is 0 Å². The van der Waals surface area contributed by atoms with Crippen LogP contribution in [0.2, 0.25) is 0 Å². The van der Waals surface area contributed by atoms with Gasteiger partial charge in [-0.05, 0) is 17.7 Å². The number of hydrogen-bond donors (Lipinski definition) is 1. The Balaban J connectivity index is 1.86. The molecule has 25 heavy (non-hydrogen) atoms. The molecule has 1 fully saturated rings. The highest BCUT2D eigenvalue weighted by molar-refractivity contribution is 5.88. The summed E-state index contributed by atoms with van der Waals surface area (Å²) in [5.74, 6) is 0.0785. The van der Waals surface area contributed by atoms with E-state index in [4.69, 9.17) is 0 Å². The van der Waals surface area contributed by atoms with Crippen molar-refractivity contribution >= 4 is 23.4 Å². The monoisotopic (exact) mass is 345 g/mol. The minimum atomic E-state index is -0.387. The lowest BCUT2D eigenvalue weighted by Crippen LogP contribution is -2.53. The second-order valence-electron chi connectivity index (χ2n) is 7.48. The summed E-state index contributed by atoms with van der Waals surface area (Å²) < 4.78 is 0. The van der Waals surface area contributed by atoms with Gasteiger partial charge in [-0.1, -0.05) is 32.9 Å². The maximum Gasteiger partial charge on any atom is 0.228 e. The van der Waals surface area contributed by atoms with E-state index < -0.39 is 0 Å². The lowest BCUT2D eigenvalue weighted by Gasteiger charge is -2.37. The van der Waals surface area contributed by atoms with E-state index in [1.807, 2.05) is 42.7 Å². The highest BCUT2D eigenvalue weighted by atomic mass is 16.2. The minimum absolute atomic E-state index is 0.0649. The number of anilines is 1. The SMILES string of the molecule is CC(=O)Nc1ccc(CC(=O)N2CCN(C(=O)C(C)(C)C)CC2)cc1.